The number of hydrogen-bond donors (Lipinski definition) is 3. The van der Waals surface area contributed by atoms with Crippen LogP contribution in [0.5, 0.6) is 0 Å². The standard InChI is InChI=1S/C29H50O4/c1-7-20(18(2)3)9-8-19(4)23-10-11-24(28(23,5)14-15-30)22-17-26(32)25-16-21(31)12-13-29(25,6)27(22)33/h17-21,23-26,30-32H,7-16H2,1-6H3/t19-,20?,21+,23-,24+,25-,26+,28-,29+/m1/s1. The predicted molar refractivity (Wildman–Crippen MR) is 134 cm³/mol. The van der Waals surface area contributed by atoms with Gasteiger partial charge in [-0.15, -0.1) is 0 Å². The zero-order valence-electron chi connectivity index (χ0n) is 22.0. The number of rotatable bonds is 9. The molecule has 0 bridgehead atoms. The first-order valence-electron chi connectivity index (χ1n) is 13.7. The van der Waals surface area contributed by atoms with E-state index in [-0.39, 0.29) is 29.6 Å². The van der Waals surface area contributed by atoms with Gasteiger partial charge in [-0.3, -0.25) is 4.79 Å². The second kappa shape index (κ2) is 10.5. The Kier molecular flexibility index (Phi) is 8.55. The summed E-state index contributed by atoms with van der Waals surface area (Å²) in [6, 6.07) is 0. The molecule has 0 amide bonds. The van der Waals surface area contributed by atoms with Gasteiger partial charge in [-0.1, -0.05) is 54.4 Å². The monoisotopic (exact) mass is 462 g/mol. The van der Waals surface area contributed by atoms with Crippen LogP contribution in [0.15, 0.2) is 11.6 Å². The van der Waals surface area contributed by atoms with Gasteiger partial charge in [0.2, 0.25) is 0 Å². The van der Waals surface area contributed by atoms with Crippen molar-refractivity contribution >= 4 is 5.78 Å². The van der Waals surface area contributed by atoms with E-state index < -0.39 is 17.6 Å². The molecule has 0 radical (unpaired) electrons. The van der Waals surface area contributed by atoms with Gasteiger partial charge in [0, 0.05) is 17.9 Å². The minimum absolute atomic E-state index is 0.0935. The topological polar surface area (TPSA) is 77.8 Å². The molecule has 190 valence electrons. The fraction of sp³-hybridized carbons (Fsp3) is 0.897. The van der Waals surface area contributed by atoms with E-state index in [0.717, 1.165) is 24.3 Å². The molecule has 0 aromatic rings. The molecule has 4 heteroatoms. The van der Waals surface area contributed by atoms with Crippen molar-refractivity contribution in [2.24, 2.45) is 46.3 Å². The summed E-state index contributed by atoms with van der Waals surface area (Å²) in [6.45, 7) is 13.8. The highest BCUT2D eigenvalue weighted by Gasteiger charge is 2.56. The molecule has 9 atom stereocenters. The van der Waals surface area contributed by atoms with Crippen LogP contribution in [0.25, 0.3) is 0 Å². The third-order valence-electron chi connectivity index (χ3n) is 10.5. The number of fused-ring (bicyclic) bond motifs is 1. The van der Waals surface area contributed by atoms with Gasteiger partial charge in [-0.25, -0.2) is 0 Å². The van der Waals surface area contributed by atoms with E-state index in [4.69, 9.17) is 0 Å². The Balaban J connectivity index is 1.84. The van der Waals surface area contributed by atoms with Crippen molar-refractivity contribution in [1.29, 1.82) is 0 Å². The van der Waals surface area contributed by atoms with Crippen molar-refractivity contribution < 1.29 is 20.1 Å². The second-order valence-corrected chi connectivity index (χ2v) is 12.6. The van der Waals surface area contributed by atoms with Gasteiger partial charge in [-0.05, 0) is 91.6 Å². The molecule has 1 unspecified atom stereocenters. The summed E-state index contributed by atoms with van der Waals surface area (Å²) in [4.78, 5) is 13.9. The summed E-state index contributed by atoms with van der Waals surface area (Å²) in [6.07, 6.45) is 8.92. The van der Waals surface area contributed by atoms with Gasteiger partial charge >= 0.3 is 0 Å². The maximum absolute atomic E-state index is 13.9. The first-order chi connectivity index (χ1) is 15.5. The van der Waals surface area contributed by atoms with Crippen molar-refractivity contribution in [3.05, 3.63) is 11.6 Å². The summed E-state index contributed by atoms with van der Waals surface area (Å²) < 4.78 is 0. The average molecular weight is 463 g/mol. The third kappa shape index (κ3) is 5.00. The van der Waals surface area contributed by atoms with Crippen LogP contribution in [0.3, 0.4) is 0 Å². The number of carbonyl (C=O) groups excluding carboxylic acids is 1. The summed E-state index contributed by atoms with van der Waals surface area (Å²) in [5.41, 5.74) is 0.0988. The highest BCUT2D eigenvalue weighted by atomic mass is 16.3. The van der Waals surface area contributed by atoms with Gasteiger partial charge in [0.25, 0.3) is 0 Å². The average Bonchev–Trinajstić information content (AvgIpc) is 3.09. The smallest absolute Gasteiger partial charge is 0.165 e. The van der Waals surface area contributed by atoms with Gasteiger partial charge in [0.15, 0.2) is 5.78 Å². The van der Waals surface area contributed by atoms with Gasteiger partial charge in [-0.2, -0.15) is 0 Å². The Morgan fingerprint density at radius 2 is 1.79 bits per heavy atom. The zero-order chi connectivity index (χ0) is 24.6. The Bertz CT molecular complexity index is 714. The summed E-state index contributed by atoms with van der Waals surface area (Å²) in [5, 5.41) is 31.2. The maximum atomic E-state index is 13.9. The molecule has 0 aromatic carbocycles. The first kappa shape index (κ1) is 26.9. The number of hydrogen-bond acceptors (Lipinski definition) is 4. The molecule has 0 saturated heterocycles. The lowest BCUT2D eigenvalue weighted by Crippen LogP contribution is -2.52. The predicted octanol–water partition coefficient (Wildman–Crippen LogP) is 5.54. The lowest BCUT2D eigenvalue weighted by molar-refractivity contribution is -0.138. The van der Waals surface area contributed by atoms with E-state index in [9.17, 15) is 20.1 Å². The van der Waals surface area contributed by atoms with Gasteiger partial charge in [0.1, 0.15) is 0 Å². The zero-order valence-corrected chi connectivity index (χ0v) is 22.0. The number of carbonyl (C=O) groups is 1. The van der Waals surface area contributed by atoms with E-state index in [1.807, 2.05) is 13.0 Å². The number of ketones is 1. The molecule has 2 saturated carbocycles. The number of allylic oxidation sites excluding steroid dienone is 1. The molecule has 4 nitrogen and oxygen atoms in total. The minimum atomic E-state index is -0.677. The van der Waals surface area contributed by atoms with Crippen LogP contribution in [0.4, 0.5) is 0 Å². The molecular weight excluding hydrogens is 412 g/mol. The molecule has 3 rings (SSSR count). The fourth-order valence-corrected chi connectivity index (χ4v) is 8.10. The third-order valence-corrected chi connectivity index (χ3v) is 10.5. The van der Waals surface area contributed by atoms with Crippen molar-refractivity contribution in [1.82, 2.24) is 0 Å². The Morgan fingerprint density at radius 3 is 2.39 bits per heavy atom. The van der Waals surface area contributed by atoms with Gasteiger partial charge in [0.05, 0.1) is 12.2 Å². The van der Waals surface area contributed by atoms with Crippen LogP contribution < -0.4 is 0 Å². The van der Waals surface area contributed by atoms with E-state index in [1.165, 1.54) is 19.3 Å². The minimum Gasteiger partial charge on any atom is -0.396 e. The quantitative estimate of drug-likeness (QED) is 0.420. The summed E-state index contributed by atoms with van der Waals surface area (Å²) >= 11 is 0. The first-order valence-corrected chi connectivity index (χ1v) is 13.7. The van der Waals surface area contributed by atoms with Gasteiger partial charge < -0.3 is 15.3 Å². The number of Topliss-reactive ketones (excluding diaryl/α,β-unsaturated/α-hetero) is 1. The van der Waals surface area contributed by atoms with E-state index in [1.54, 1.807) is 0 Å². The van der Waals surface area contributed by atoms with Crippen molar-refractivity contribution in [3.8, 4) is 0 Å². The highest BCUT2D eigenvalue weighted by Crippen LogP contribution is 2.59. The normalized spacial score (nSPS) is 41.1. The molecule has 0 aromatic heterocycles. The molecule has 33 heavy (non-hydrogen) atoms. The van der Waals surface area contributed by atoms with Crippen molar-refractivity contribution in [3.63, 3.8) is 0 Å². The van der Waals surface area contributed by atoms with Crippen LogP contribution in [0.2, 0.25) is 0 Å². The lowest BCUT2D eigenvalue weighted by atomic mass is 9.55. The van der Waals surface area contributed by atoms with Crippen LogP contribution in [-0.2, 0) is 4.79 Å². The van der Waals surface area contributed by atoms with Crippen LogP contribution >= 0.6 is 0 Å². The van der Waals surface area contributed by atoms with Crippen molar-refractivity contribution in [2.45, 2.75) is 112 Å². The van der Waals surface area contributed by atoms with Crippen LogP contribution in [-0.4, -0.2) is 39.9 Å². The molecule has 0 spiro atoms. The fourth-order valence-electron chi connectivity index (χ4n) is 8.10. The summed E-state index contributed by atoms with van der Waals surface area (Å²) in [7, 11) is 0. The molecule has 3 aliphatic carbocycles. The lowest BCUT2D eigenvalue weighted by Gasteiger charge is -2.49. The molecule has 2 fully saturated rings. The molecular formula is C29H50O4. The van der Waals surface area contributed by atoms with E-state index >= 15 is 0 Å². The maximum Gasteiger partial charge on any atom is 0.165 e. The molecule has 3 N–H and O–H groups in total. The van der Waals surface area contributed by atoms with Crippen LogP contribution in [0.1, 0.15) is 99.3 Å². The largest absolute Gasteiger partial charge is 0.396 e. The Hall–Kier alpha value is -0.710. The second-order valence-electron chi connectivity index (χ2n) is 12.6. The number of aliphatic hydroxyl groups excluding tert-OH is 3. The number of aliphatic hydroxyl groups is 3. The van der Waals surface area contributed by atoms with E-state index in [0.29, 0.717) is 43.4 Å². The molecule has 0 heterocycles. The SMILES string of the molecule is CCC(CC[C@@H](C)[C@H]1CC[C@@H](C2=C[C@H](O)[C@H]3C[C@@H](O)CC[C@]3(C)C2=O)[C@]1(C)CCO)C(C)C. The Labute approximate surface area is 202 Å². The highest BCUT2D eigenvalue weighted by molar-refractivity contribution is 6.01. The van der Waals surface area contributed by atoms with Crippen LogP contribution in [0, 0.1) is 46.3 Å². The molecule has 3 aliphatic rings. The Morgan fingerprint density at radius 1 is 1.09 bits per heavy atom. The molecule has 0 aliphatic heterocycles. The summed E-state index contributed by atoms with van der Waals surface area (Å²) in [5.74, 6) is 2.58. The van der Waals surface area contributed by atoms with Crippen molar-refractivity contribution in [2.75, 3.05) is 6.61 Å². The van der Waals surface area contributed by atoms with E-state index in [2.05, 4.69) is 34.6 Å².